The van der Waals surface area contributed by atoms with E-state index in [0.29, 0.717) is 11.1 Å². The predicted octanol–water partition coefficient (Wildman–Crippen LogP) is 0.228. The van der Waals surface area contributed by atoms with Crippen molar-refractivity contribution in [1.29, 1.82) is 0 Å². The summed E-state index contributed by atoms with van der Waals surface area (Å²) in [6.07, 6.45) is -5.88. The van der Waals surface area contributed by atoms with E-state index in [1.54, 1.807) is 31.3 Å². The molecule has 0 aromatic heterocycles. The van der Waals surface area contributed by atoms with Gasteiger partial charge in [-0.1, -0.05) is 36.4 Å². The fraction of sp³-hybridized carbons (Fsp3) is 0.350. The molecule has 7 nitrogen and oxygen atoms in total. The lowest BCUT2D eigenvalue weighted by Crippen LogP contribution is -2.55. The van der Waals surface area contributed by atoms with E-state index in [2.05, 4.69) is 5.32 Å². The summed E-state index contributed by atoms with van der Waals surface area (Å²) >= 11 is 0. The quantitative estimate of drug-likeness (QED) is 0.523. The van der Waals surface area contributed by atoms with Crippen LogP contribution in [-0.2, 0) is 4.74 Å². The van der Waals surface area contributed by atoms with Crippen molar-refractivity contribution < 1.29 is 30.0 Å². The maximum Gasteiger partial charge on any atom is 0.251 e. The lowest BCUT2D eigenvalue weighted by Gasteiger charge is -2.40. The molecule has 0 aliphatic carbocycles. The molecule has 27 heavy (non-hydrogen) atoms. The summed E-state index contributed by atoms with van der Waals surface area (Å²) in [5, 5.41) is 41.9. The third kappa shape index (κ3) is 3.87. The van der Waals surface area contributed by atoms with E-state index in [0.717, 1.165) is 11.1 Å². The highest BCUT2D eigenvalue weighted by atomic mass is 16.5. The summed E-state index contributed by atoms with van der Waals surface area (Å²) in [7, 11) is 1.58. The molecule has 0 saturated carbocycles. The maximum atomic E-state index is 11.6. The molecule has 2 aromatic carbocycles. The zero-order valence-corrected chi connectivity index (χ0v) is 14.8. The minimum atomic E-state index is -1.40. The number of carbonyl (C=O) groups is 1. The zero-order valence-electron chi connectivity index (χ0n) is 14.8. The summed E-state index contributed by atoms with van der Waals surface area (Å²) in [4.78, 5) is 11.6. The van der Waals surface area contributed by atoms with Crippen molar-refractivity contribution in [2.45, 2.75) is 30.5 Å². The van der Waals surface area contributed by atoms with Gasteiger partial charge in [-0.2, -0.15) is 0 Å². The predicted molar refractivity (Wildman–Crippen MR) is 98.0 cm³/mol. The second kappa shape index (κ2) is 8.16. The fourth-order valence-electron chi connectivity index (χ4n) is 3.20. The van der Waals surface area contributed by atoms with Gasteiger partial charge in [-0.25, -0.2) is 0 Å². The van der Waals surface area contributed by atoms with Gasteiger partial charge < -0.3 is 30.5 Å². The third-order valence-electron chi connectivity index (χ3n) is 4.84. The first kappa shape index (κ1) is 19.5. The largest absolute Gasteiger partial charge is 0.394 e. The molecular formula is C20H23NO6. The van der Waals surface area contributed by atoms with Crippen molar-refractivity contribution >= 4 is 5.91 Å². The first-order valence-electron chi connectivity index (χ1n) is 8.69. The molecule has 1 aliphatic heterocycles. The highest BCUT2D eigenvalue weighted by Gasteiger charge is 2.43. The van der Waals surface area contributed by atoms with Crippen molar-refractivity contribution in [3.63, 3.8) is 0 Å². The Bertz CT molecular complexity index is 774. The van der Waals surface area contributed by atoms with Crippen LogP contribution in [0.1, 0.15) is 22.0 Å². The van der Waals surface area contributed by atoms with E-state index in [1.165, 1.54) is 0 Å². The van der Waals surface area contributed by atoms with Crippen molar-refractivity contribution in [1.82, 2.24) is 5.32 Å². The number of aliphatic hydroxyl groups excluding tert-OH is 4. The number of rotatable bonds is 4. The molecule has 0 radical (unpaired) electrons. The minimum Gasteiger partial charge on any atom is -0.394 e. The zero-order chi connectivity index (χ0) is 19.6. The number of benzene rings is 2. The van der Waals surface area contributed by atoms with Gasteiger partial charge in [0, 0.05) is 12.6 Å². The van der Waals surface area contributed by atoms with Gasteiger partial charge >= 0.3 is 0 Å². The van der Waals surface area contributed by atoms with Crippen LogP contribution in [-0.4, -0.2) is 64.4 Å². The second-order valence-corrected chi connectivity index (χ2v) is 6.53. The molecule has 1 aliphatic rings. The van der Waals surface area contributed by atoms with Crippen LogP contribution in [0.25, 0.3) is 11.1 Å². The van der Waals surface area contributed by atoms with Crippen LogP contribution in [0.2, 0.25) is 0 Å². The van der Waals surface area contributed by atoms with Crippen molar-refractivity contribution in [3.8, 4) is 11.1 Å². The Hall–Kier alpha value is -2.29. The molecule has 1 amide bonds. The average molecular weight is 373 g/mol. The number of aliphatic hydroxyl groups is 4. The van der Waals surface area contributed by atoms with Gasteiger partial charge in [-0.3, -0.25) is 4.79 Å². The van der Waals surface area contributed by atoms with Crippen LogP contribution in [0.15, 0.2) is 48.5 Å². The van der Waals surface area contributed by atoms with Crippen molar-refractivity contribution in [2.75, 3.05) is 13.7 Å². The number of hydrogen-bond acceptors (Lipinski definition) is 6. The van der Waals surface area contributed by atoms with Gasteiger partial charge in [0.05, 0.1) is 6.61 Å². The number of hydrogen-bond donors (Lipinski definition) is 5. The van der Waals surface area contributed by atoms with Gasteiger partial charge in [0.1, 0.15) is 30.5 Å². The van der Waals surface area contributed by atoms with Crippen LogP contribution in [0.5, 0.6) is 0 Å². The van der Waals surface area contributed by atoms with E-state index in [4.69, 9.17) is 4.74 Å². The Morgan fingerprint density at radius 3 is 2.00 bits per heavy atom. The van der Waals surface area contributed by atoms with Crippen LogP contribution in [0, 0.1) is 0 Å². The van der Waals surface area contributed by atoms with E-state index in [1.807, 2.05) is 24.3 Å². The second-order valence-electron chi connectivity index (χ2n) is 6.53. The molecular weight excluding hydrogens is 350 g/mol. The first-order chi connectivity index (χ1) is 13.0. The highest BCUT2D eigenvalue weighted by Crippen LogP contribution is 2.33. The lowest BCUT2D eigenvalue weighted by molar-refractivity contribution is -0.231. The molecule has 1 heterocycles. The SMILES string of the molecule is CNC(=O)c1ccc(-c2ccc([C@H]3O[C@H](CO)[C@@H](O)[C@H](O)[C@@H]3O)cc2)cc1. The van der Waals surface area contributed by atoms with Crippen molar-refractivity contribution in [2.24, 2.45) is 0 Å². The number of ether oxygens (including phenoxy) is 1. The van der Waals surface area contributed by atoms with E-state index in [9.17, 15) is 25.2 Å². The molecule has 0 spiro atoms. The first-order valence-corrected chi connectivity index (χ1v) is 8.69. The van der Waals surface area contributed by atoms with Crippen molar-refractivity contribution in [3.05, 3.63) is 59.7 Å². The monoisotopic (exact) mass is 373 g/mol. The molecule has 5 atom stereocenters. The summed E-state index contributed by atoms with van der Waals surface area (Å²) in [6.45, 7) is -0.461. The van der Waals surface area contributed by atoms with Crippen LogP contribution in [0.3, 0.4) is 0 Å². The standard InChI is InChI=1S/C20H23NO6/c1-21-20(26)14-8-4-12(5-9-14)11-2-6-13(7-3-11)19-18(25)17(24)16(23)15(10-22)27-19/h2-9,15-19,22-25H,10H2,1H3,(H,21,26)/t15-,16-,17+,18+,19-/m1/s1. The smallest absolute Gasteiger partial charge is 0.251 e. The summed E-state index contributed by atoms with van der Waals surface area (Å²) < 4.78 is 5.56. The molecule has 3 rings (SSSR count). The molecule has 0 unspecified atom stereocenters. The normalized spacial score (nSPS) is 28.0. The average Bonchev–Trinajstić information content (AvgIpc) is 2.72. The van der Waals surface area contributed by atoms with E-state index >= 15 is 0 Å². The topological polar surface area (TPSA) is 119 Å². The number of carbonyl (C=O) groups excluding carboxylic acids is 1. The van der Waals surface area contributed by atoms with Gasteiger partial charge in [0.25, 0.3) is 5.91 Å². The maximum absolute atomic E-state index is 11.6. The van der Waals surface area contributed by atoms with Crippen LogP contribution < -0.4 is 5.32 Å². The van der Waals surface area contributed by atoms with E-state index < -0.39 is 37.1 Å². The van der Waals surface area contributed by atoms with Gasteiger partial charge in [0.2, 0.25) is 0 Å². The van der Waals surface area contributed by atoms with Gasteiger partial charge in [0.15, 0.2) is 0 Å². The molecule has 0 bridgehead atoms. The Kier molecular flexibility index (Phi) is 5.88. The Labute approximate surface area is 156 Å². The summed E-state index contributed by atoms with van der Waals surface area (Å²) in [5.41, 5.74) is 3.02. The van der Waals surface area contributed by atoms with Crippen LogP contribution >= 0.6 is 0 Å². The molecule has 1 saturated heterocycles. The Morgan fingerprint density at radius 1 is 0.926 bits per heavy atom. The minimum absolute atomic E-state index is 0.153. The number of amides is 1. The van der Waals surface area contributed by atoms with Crippen LogP contribution in [0.4, 0.5) is 0 Å². The molecule has 144 valence electrons. The fourth-order valence-corrected chi connectivity index (χ4v) is 3.20. The van der Waals surface area contributed by atoms with E-state index in [-0.39, 0.29) is 5.91 Å². The van der Waals surface area contributed by atoms with Gasteiger partial charge in [-0.05, 0) is 28.8 Å². The molecule has 7 heteroatoms. The lowest BCUT2D eigenvalue weighted by atomic mass is 9.90. The third-order valence-corrected chi connectivity index (χ3v) is 4.84. The number of nitrogens with one attached hydrogen (secondary N) is 1. The summed E-state index contributed by atoms with van der Waals surface area (Å²) in [6, 6.07) is 14.3. The highest BCUT2D eigenvalue weighted by molar-refractivity contribution is 5.94. The molecule has 5 N–H and O–H groups in total. The molecule has 2 aromatic rings. The summed E-state index contributed by atoms with van der Waals surface area (Å²) in [5.74, 6) is -0.153. The Morgan fingerprint density at radius 2 is 1.48 bits per heavy atom. The Balaban J connectivity index is 1.79. The van der Waals surface area contributed by atoms with Gasteiger partial charge in [-0.15, -0.1) is 0 Å². The molecule has 1 fully saturated rings.